The van der Waals surface area contributed by atoms with Gasteiger partial charge in [-0.15, -0.1) is 0 Å². The maximum absolute atomic E-state index is 11.0. The maximum atomic E-state index is 11.0. The highest BCUT2D eigenvalue weighted by molar-refractivity contribution is 5.00. The molecule has 0 spiro atoms. The van der Waals surface area contributed by atoms with Gasteiger partial charge in [0, 0.05) is 12.5 Å². The lowest BCUT2D eigenvalue weighted by molar-refractivity contribution is -0.340. The second-order valence-electron chi connectivity index (χ2n) is 8.84. The summed E-state index contributed by atoms with van der Waals surface area (Å²) in [4.78, 5) is 4.54. The number of ether oxygens (including phenoxy) is 4. The first kappa shape index (κ1) is 28.9. The van der Waals surface area contributed by atoms with Crippen molar-refractivity contribution in [3.8, 4) is 0 Å². The molecule has 0 aromatic rings. The fourth-order valence-corrected chi connectivity index (χ4v) is 4.47. The van der Waals surface area contributed by atoms with Gasteiger partial charge in [-0.1, -0.05) is 5.64 Å². The Labute approximate surface area is 199 Å². The van der Waals surface area contributed by atoms with Crippen LogP contribution in [0.25, 0.3) is 0 Å². The van der Waals surface area contributed by atoms with Gasteiger partial charge in [-0.05, 0) is 6.42 Å². The van der Waals surface area contributed by atoms with Crippen molar-refractivity contribution in [2.24, 2.45) is 5.73 Å². The Hall–Kier alpha value is -0.680. The molecule has 2 aliphatic heterocycles. The first-order valence-electron chi connectivity index (χ1n) is 11.1. The molecule has 1 saturated carbocycles. The number of hydrogen-bond donors (Lipinski definition) is 12. The van der Waals surface area contributed by atoms with Gasteiger partial charge in [-0.3, -0.25) is 10.0 Å². The second-order valence-corrected chi connectivity index (χ2v) is 8.84. The van der Waals surface area contributed by atoms with Crippen molar-refractivity contribution in [3.63, 3.8) is 0 Å². The van der Waals surface area contributed by atoms with E-state index in [0.717, 1.165) is 0 Å². The Kier molecular flexibility index (Phi) is 10.5. The average molecular weight is 517 g/mol. The standard InChI is InChI=1S/C18H35N3O14/c19-5-1-6(20-29)16(35-17-8(24)2-7(23)9(3-22)32-17)14(28)15(5)34-18-13(27)12(26)11(25)10(33-18)4-31-21-30/h5-18,20-30H,1-4,19H2/t5-,6+,7-,8+,9+,10+,11+,12-,13+,14-,15?,16-,17+,18+/m0/s1. The third-order valence-corrected chi connectivity index (χ3v) is 6.46. The third-order valence-electron chi connectivity index (χ3n) is 6.46. The van der Waals surface area contributed by atoms with Crippen LogP contribution in [0.4, 0.5) is 0 Å². The molecule has 0 aromatic carbocycles. The molecule has 0 radical (unpaired) electrons. The molecule has 13 N–H and O–H groups in total. The molecule has 0 amide bonds. The highest BCUT2D eigenvalue weighted by Gasteiger charge is 2.51. The van der Waals surface area contributed by atoms with Crippen LogP contribution >= 0.6 is 0 Å². The van der Waals surface area contributed by atoms with Crippen LogP contribution in [0.15, 0.2) is 0 Å². The molecule has 3 fully saturated rings. The smallest absolute Gasteiger partial charge is 0.187 e. The van der Waals surface area contributed by atoms with Gasteiger partial charge in [0.2, 0.25) is 0 Å². The summed E-state index contributed by atoms with van der Waals surface area (Å²) in [6, 6.07) is -1.91. The van der Waals surface area contributed by atoms with Crippen LogP contribution in [0.2, 0.25) is 0 Å². The van der Waals surface area contributed by atoms with Gasteiger partial charge in [0.25, 0.3) is 0 Å². The quantitative estimate of drug-likeness (QED) is 0.127. The van der Waals surface area contributed by atoms with E-state index in [-0.39, 0.29) is 12.8 Å². The highest BCUT2D eigenvalue weighted by Crippen LogP contribution is 2.32. The van der Waals surface area contributed by atoms with Crippen molar-refractivity contribution in [1.29, 1.82) is 0 Å². The predicted molar refractivity (Wildman–Crippen MR) is 107 cm³/mol. The summed E-state index contributed by atoms with van der Waals surface area (Å²) in [5.41, 5.74) is 9.47. The number of rotatable bonds is 9. The van der Waals surface area contributed by atoms with E-state index in [0.29, 0.717) is 0 Å². The van der Waals surface area contributed by atoms with Gasteiger partial charge < -0.3 is 65.6 Å². The molecule has 35 heavy (non-hydrogen) atoms. The van der Waals surface area contributed by atoms with E-state index in [9.17, 15) is 41.0 Å². The van der Waals surface area contributed by atoms with E-state index in [1.54, 1.807) is 0 Å². The number of aliphatic hydroxyl groups excluding tert-OH is 7. The number of hydrogen-bond acceptors (Lipinski definition) is 17. The molecule has 0 bridgehead atoms. The summed E-state index contributed by atoms with van der Waals surface area (Å²) in [6.45, 7) is -1.00. The molecule has 206 valence electrons. The molecule has 0 aromatic heterocycles. The Morgan fingerprint density at radius 1 is 0.771 bits per heavy atom. The average Bonchev–Trinajstić information content (AvgIpc) is 2.83. The molecule has 3 rings (SSSR count). The second kappa shape index (κ2) is 12.7. The summed E-state index contributed by atoms with van der Waals surface area (Å²) in [5.74, 6) is 0. The molecular formula is C18H35N3O14. The summed E-state index contributed by atoms with van der Waals surface area (Å²) >= 11 is 0. The van der Waals surface area contributed by atoms with Crippen molar-refractivity contribution in [2.45, 2.75) is 98.5 Å². The van der Waals surface area contributed by atoms with E-state index in [1.807, 2.05) is 5.48 Å². The van der Waals surface area contributed by atoms with E-state index in [1.165, 1.54) is 5.64 Å². The largest absolute Gasteiger partial charge is 0.394 e. The van der Waals surface area contributed by atoms with Gasteiger partial charge in [-0.25, -0.2) is 0 Å². The fraction of sp³-hybridized carbons (Fsp3) is 1.00. The van der Waals surface area contributed by atoms with Crippen LogP contribution in [0.1, 0.15) is 12.8 Å². The van der Waals surface area contributed by atoms with E-state index < -0.39 is 98.9 Å². The first-order chi connectivity index (χ1) is 16.6. The molecule has 14 atom stereocenters. The topological polar surface area (TPSA) is 278 Å². The van der Waals surface area contributed by atoms with Gasteiger partial charge in [0.05, 0.1) is 25.4 Å². The van der Waals surface area contributed by atoms with Gasteiger partial charge in [0.15, 0.2) is 12.6 Å². The molecule has 2 saturated heterocycles. The zero-order valence-corrected chi connectivity index (χ0v) is 18.6. The SMILES string of the molecule is N[C@H]1C[C@@H](NO)[C@H](O[C@H]2O[C@H](CO)[C@@H](O)C[C@H]2O)[C@@H](O)C1O[C@H]1O[C@H](CONO)[C@@H](O)[C@H](O)[C@H]1O. The van der Waals surface area contributed by atoms with E-state index in [2.05, 4.69) is 4.84 Å². The monoisotopic (exact) mass is 517 g/mol. The molecule has 3 aliphatic rings. The number of hydroxylamine groups is 1. The van der Waals surface area contributed by atoms with Crippen LogP contribution in [0.3, 0.4) is 0 Å². The third kappa shape index (κ3) is 6.43. The zero-order chi connectivity index (χ0) is 25.9. The Morgan fingerprint density at radius 2 is 1.43 bits per heavy atom. The molecular weight excluding hydrogens is 482 g/mol. The lowest BCUT2D eigenvalue weighted by Crippen LogP contribution is -2.67. The number of nitrogens with two attached hydrogens (primary N) is 1. The maximum Gasteiger partial charge on any atom is 0.187 e. The Bertz CT molecular complexity index is 654. The summed E-state index contributed by atoms with van der Waals surface area (Å²) in [5, 5.41) is 89.2. The van der Waals surface area contributed by atoms with Gasteiger partial charge in [0.1, 0.15) is 54.9 Å². The summed E-state index contributed by atoms with van der Waals surface area (Å²) in [6.07, 6.45) is -17.3. The van der Waals surface area contributed by atoms with Crippen LogP contribution in [0.5, 0.6) is 0 Å². The predicted octanol–water partition coefficient (Wildman–Crippen LogP) is -6.26. The van der Waals surface area contributed by atoms with Crippen LogP contribution in [0, 0.1) is 0 Å². The van der Waals surface area contributed by atoms with E-state index in [4.69, 9.17) is 29.9 Å². The first-order valence-corrected chi connectivity index (χ1v) is 11.1. The minimum absolute atomic E-state index is 0.0350. The van der Waals surface area contributed by atoms with Crippen molar-refractivity contribution in [2.75, 3.05) is 13.2 Å². The van der Waals surface area contributed by atoms with Gasteiger partial charge >= 0.3 is 0 Å². The fourth-order valence-electron chi connectivity index (χ4n) is 4.47. The van der Waals surface area contributed by atoms with Crippen molar-refractivity contribution in [1.82, 2.24) is 11.1 Å². The zero-order valence-electron chi connectivity index (χ0n) is 18.6. The molecule has 17 nitrogen and oxygen atoms in total. The minimum Gasteiger partial charge on any atom is -0.394 e. The van der Waals surface area contributed by atoms with Crippen LogP contribution in [-0.2, 0) is 23.8 Å². The molecule has 1 unspecified atom stereocenters. The number of aliphatic hydroxyl groups is 7. The van der Waals surface area contributed by atoms with Crippen molar-refractivity contribution >= 4 is 0 Å². The Balaban J connectivity index is 1.73. The Morgan fingerprint density at radius 3 is 2.06 bits per heavy atom. The minimum atomic E-state index is -1.76. The number of nitrogens with one attached hydrogen (secondary N) is 2. The van der Waals surface area contributed by atoms with Crippen LogP contribution in [-0.4, -0.2) is 145 Å². The molecule has 1 aliphatic carbocycles. The van der Waals surface area contributed by atoms with Crippen LogP contribution < -0.4 is 16.9 Å². The molecule has 2 heterocycles. The molecule has 17 heteroatoms. The van der Waals surface area contributed by atoms with Crippen molar-refractivity contribution in [3.05, 3.63) is 0 Å². The lowest BCUT2D eigenvalue weighted by atomic mass is 9.84. The normalized spacial score (nSPS) is 49.2. The summed E-state index contributed by atoms with van der Waals surface area (Å²) in [7, 11) is 0. The highest BCUT2D eigenvalue weighted by atomic mass is 16.8. The lowest BCUT2D eigenvalue weighted by Gasteiger charge is -2.47. The van der Waals surface area contributed by atoms with Gasteiger partial charge in [-0.2, -0.15) is 5.48 Å². The van der Waals surface area contributed by atoms with E-state index >= 15 is 0 Å². The summed E-state index contributed by atoms with van der Waals surface area (Å²) < 4.78 is 22.2. The van der Waals surface area contributed by atoms with Crippen molar-refractivity contribution < 1.29 is 69.9 Å².